The van der Waals surface area contributed by atoms with Crippen LogP contribution < -0.4 is 14.4 Å². The number of aromatic nitrogens is 2. The van der Waals surface area contributed by atoms with Crippen LogP contribution in [0.25, 0.3) is 10.9 Å². The van der Waals surface area contributed by atoms with Gasteiger partial charge >= 0.3 is 0 Å². The molecule has 0 saturated carbocycles. The van der Waals surface area contributed by atoms with E-state index in [4.69, 9.17) is 26.1 Å². The molecule has 1 aromatic heterocycles. The lowest BCUT2D eigenvalue weighted by Crippen LogP contribution is -2.29. The Kier molecular flexibility index (Phi) is 5.38. The summed E-state index contributed by atoms with van der Waals surface area (Å²) in [6.07, 6.45) is 2.72. The first-order chi connectivity index (χ1) is 15.4. The average molecular weight is 453 g/mol. The van der Waals surface area contributed by atoms with E-state index < -0.39 is 5.79 Å². The average Bonchev–Trinajstić information content (AvgIpc) is 3.27. The number of ether oxygens (including phenoxy) is 2. The van der Waals surface area contributed by atoms with E-state index in [1.54, 1.807) is 6.33 Å². The number of hydrogen-bond donors (Lipinski definition) is 0. The number of fused-ring (bicyclic) bond motifs is 3. The highest BCUT2D eigenvalue weighted by atomic mass is 35.5. The third-order valence-corrected chi connectivity index (χ3v) is 6.70. The van der Waals surface area contributed by atoms with Crippen molar-refractivity contribution in [2.75, 3.05) is 31.1 Å². The summed E-state index contributed by atoms with van der Waals surface area (Å²) < 4.78 is 11.9. The van der Waals surface area contributed by atoms with Crippen molar-refractivity contribution in [2.24, 2.45) is 0 Å². The monoisotopic (exact) mass is 452 g/mol. The molecule has 2 aliphatic heterocycles. The fourth-order valence-electron chi connectivity index (χ4n) is 4.81. The highest BCUT2D eigenvalue weighted by Gasteiger charge is 2.34. The van der Waals surface area contributed by atoms with Gasteiger partial charge in [0.25, 0.3) is 0 Å². The second-order valence-corrected chi connectivity index (χ2v) is 9.38. The molecule has 0 fully saturated rings. The number of hydrogen-bond acceptors (Lipinski definition) is 6. The lowest BCUT2D eigenvalue weighted by molar-refractivity contribution is -0.0431. The summed E-state index contributed by atoms with van der Waals surface area (Å²) in [6.45, 7) is 12.3. The van der Waals surface area contributed by atoms with Crippen LogP contribution in [0.2, 0.25) is 5.02 Å². The summed E-state index contributed by atoms with van der Waals surface area (Å²) in [5.41, 5.74) is 3.29. The van der Waals surface area contributed by atoms with Crippen LogP contribution in [0, 0.1) is 0 Å². The molecule has 0 radical (unpaired) electrons. The van der Waals surface area contributed by atoms with Crippen molar-refractivity contribution in [3.05, 3.63) is 47.2 Å². The quantitative estimate of drug-likeness (QED) is 0.474. The minimum absolute atomic E-state index is 0.417. The molecule has 2 aliphatic rings. The Morgan fingerprint density at radius 3 is 2.59 bits per heavy atom. The molecule has 7 heteroatoms. The zero-order chi connectivity index (χ0) is 22.5. The summed E-state index contributed by atoms with van der Waals surface area (Å²) in [5.74, 6) is 2.05. The van der Waals surface area contributed by atoms with Gasteiger partial charge in [-0.2, -0.15) is 0 Å². The van der Waals surface area contributed by atoms with Gasteiger partial charge in [-0.15, -0.1) is 0 Å². The third kappa shape index (κ3) is 3.76. The highest BCUT2D eigenvalue weighted by Crippen LogP contribution is 2.47. The minimum Gasteiger partial charge on any atom is -0.449 e. The van der Waals surface area contributed by atoms with E-state index in [-0.39, 0.29) is 0 Å². The Bertz CT molecular complexity index is 1160. The summed E-state index contributed by atoms with van der Waals surface area (Å²) in [7, 11) is 0. The predicted molar refractivity (Wildman–Crippen MR) is 128 cm³/mol. The van der Waals surface area contributed by atoms with Gasteiger partial charge in [0.1, 0.15) is 12.1 Å². The molecule has 1 unspecified atom stereocenters. The van der Waals surface area contributed by atoms with E-state index >= 15 is 0 Å². The van der Waals surface area contributed by atoms with Crippen LogP contribution in [-0.4, -0.2) is 46.8 Å². The van der Waals surface area contributed by atoms with E-state index in [1.165, 1.54) is 5.56 Å². The normalized spacial score (nSPS) is 18.6. The number of halogens is 1. The van der Waals surface area contributed by atoms with Crippen LogP contribution in [0.4, 0.5) is 11.5 Å². The second-order valence-electron chi connectivity index (χ2n) is 8.94. The standard InChI is InChI=1S/C25H29ClN4O2/c1-5-29(6-2)10-9-16-14-30(21-11-17(26)7-8-18(16)21)24-19-12-22-23(32-25(3,4)31-22)13-20(19)27-15-28-24/h7-8,11-13,15-16H,5-6,9-10,14H2,1-4H3. The SMILES string of the molecule is CCN(CC)CCC1CN(c2ncnc3cc4c(cc23)OC(C)(C)O4)c2cc(Cl)ccc21. The smallest absolute Gasteiger partial charge is 0.246 e. The largest absolute Gasteiger partial charge is 0.449 e. The molecule has 0 amide bonds. The van der Waals surface area contributed by atoms with E-state index in [1.807, 2.05) is 32.0 Å². The van der Waals surface area contributed by atoms with Gasteiger partial charge < -0.3 is 19.3 Å². The van der Waals surface area contributed by atoms with E-state index in [9.17, 15) is 0 Å². The first-order valence-electron chi connectivity index (χ1n) is 11.3. The molecule has 168 valence electrons. The molecule has 1 atom stereocenters. The first kappa shape index (κ1) is 21.3. The van der Waals surface area contributed by atoms with Gasteiger partial charge in [0, 0.05) is 48.5 Å². The topological polar surface area (TPSA) is 50.7 Å². The van der Waals surface area contributed by atoms with Crippen LogP contribution in [-0.2, 0) is 0 Å². The van der Waals surface area contributed by atoms with Crippen molar-refractivity contribution in [1.29, 1.82) is 0 Å². The molecule has 32 heavy (non-hydrogen) atoms. The van der Waals surface area contributed by atoms with Crippen molar-refractivity contribution < 1.29 is 9.47 Å². The van der Waals surface area contributed by atoms with Gasteiger partial charge in [-0.1, -0.05) is 31.5 Å². The number of benzene rings is 2. The van der Waals surface area contributed by atoms with Crippen molar-refractivity contribution in [3.8, 4) is 11.5 Å². The van der Waals surface area contributed by atoms with Gasteiger partial charge in [0.05, 0.1) is 5.52 Å². The molecule has 3 aromatic rings. The fourth-order valence-corrected chi connectivity index (χ4v) is 4.98. The zero-order valence-corrected chi connectivity index (χ0v) is 19.8. The van der Waals surface area contributed by atoms with Gasteiger partial charge in [-0.05, 0) is 49.8 Å². The van der Waals surface area contributed by atoms with Gasteiger partial charge in [-0.25, -0.2) is 9.97 Å². The zero-order valence-electron chi connectivity index (χ0n) is 19.1. The number of rotatable bonds is 6. The Balaban J connectivity index is 1.54. The Morgan fingerprint density at radius 2 is 1.84 bits per heavy atom. The molecule has 5 rings (SSSR count). The molecule has 0 saturated heterocycles. The van der Waals surface area contributed by atoms with Crippen molar-refractivity contribution in [1.82, 2.24) is 14.9 Å². The highest BCUT2D eigenvalue weighted by molar-refractivity contribution is 6.31. The number of anilines is 2. The molecule has 0 bridgehead atoms. The Morgan fingerprint density at radius 1 is 1.09 bits per heavy atom. The number of nitrogens with zero attached hydrogens (tertiary/aromatic N) is 4. The molecule has 0 N–H and O–H groups in total. The van der Waals surface area contributed by atoms with E-state index in [0.717, 1.165) is 65.8 Å². The van der Waals surface area contributed by atoms with E-state index in [2.05, 4.69) is 40.8 Å². The maximum Gasteiger partial charge on any atom is 0.246 e. The minimum atomic E-state index is -0.684. The second kappa shape index (κ2) is 8.09. The third-order valence-electron chi connectivity index (χ3n) is 6.46. The maximum absolute atomic E-state index is 6.42. The van der Waals surface area contributed by atoms with Crippen LogP contribution in [0.1, 0.15) is 45.6 Å². The molecule has 0 aliphatic carbocycles. The molecule has 3 heterocycles. The summed E-state index contributed by atoms with van der Waals surface area (Å²) in [6, 6.07) is 10.2. The van der Waals surface area contributed by atoms with Crippen LogP contribution in [0.15, 0.2) is 36.7 Å². The molecular weight excluding hydrogens is 424 g/mol. The lowest BCUT2D eigenvalue weighted by Gasteiger charge is -2.22. The Labute approximate surface area is 194 Å². The molecular formula is C25H29ClN4O2. The van der Waals surface area contributed by atoms with Crippen LogP contribution in [0.5, 0.6) is 11.5 Å². The van der Waals surface area contributed by atoms with Gasteiger partial charge in [0.2, 0.25) is 5.79 Å². The Hall–Kier alpha value is -2.57. The summed E-state index contributed by atoms with van der Waals surface area (Å²) in [5, 5.41) is 1.68. The fraction of sp³-hybridized carbons (Fsp3) is 0.440. The maximum atomic E-state index is 6.42. The first-order valence-corrected chi connectivity index (χ1v) is 11.7. The van der Waals surface area contributed by atoms with Crippen molar-refractivity contribution in [2.45, 2.75) is 45.8 Å². The van der Waals surface area contributed by atoms with E-state index in [0.29, 0.717) is 11.7 Å². The molecule has 6 nitrogen and oxygen atoms in total. The molecule has 2 aromatic carbocycles. The van der Waals surface area contributed by atoms with Crippen molar-refractivity contribution >= 4 is 34.0 Å². The summed E-state index contributed by atoms with van der Waals surface area (Å²) >= 11 is 6.42. The van der Waals surface area contributed by atoms with Crippen LogP contribution in [0.3, 0.4) is 0 Å². The van der Waals surface area contributed by atoms with Crippen molar-refractivity contribution in [3.63, 3.8) is 0 Å². The molecule has 0 spiro atoms. The lowest BCUT2D eigenvalue weighted by atomic mass is 9.98. The predicted octanol–water partition coefficient (Wildman–Crippen LogP) is 5.76. The van der Waals surface area contributed by atoms with Crippen LogP contribution >= 0.6 is 11.6 Å². The van der Waals surface area contributed by atoms with Gasteiger partial charge in [-0.3, -0.25) is 0 Å². The van der Waals surface area contributed by atoms with Gasteiger partial charge in [0.15, 0.2) is 11.5 Å². The summed E-state index contributed by atoms with van der Waals surface area (Å²) in [4.78, 5) is 14.0.